The van der Waals surface area contributed by atoms with Gasteiger partial charge in [0.1, 0.15) is 11.6 Å². The van der Waals surface area contributed by atoms with Crippen molar-refractivity contribution in [1.82, 2.24) is 9.97 Å². The first-order valence-electron chi connectivity index (χ1n) is 7.04. The van der Waals surface area contributed by atoms with Crippen LogP contribution < -0.4 is 22.1 Å². The highest BCUT2D eigenvalue weighted by molar-refractivity contribution is 7.99. The average molecular weight is 346 g/mol. The quantitative estimate of drug-likeness (QED) is 0.477. The Morgan fingerprint density at radius 3 is 2.42 bits per heavy atom. The van der Waals surface area contributed by atoms with Crippen molar-refractivity contribution in [3.8, 4) is 0 Å². The van der Waals surface area contributed by atoms with E-state index in [0.717, 1.165) is 17.3 Å². The first-order valence-corrected chi connectivity index (χ1v) is 8.03. The zero-order valence-electron chi connectivity index (χ0n) is 13.3. The largest absolute Gasteiger partial charge is 0.383 e. The highest BCUT2D eigenvalue weighted by Crippen LogP contribution is 2.21. The van der Waals surface area contributed by atoms with Gasteiger partial charge in [0.05, 0.1) is 5.75 Å². The minimum absolute atomic E-state index is 0.104. The Balaban J connectivity index is 2.00. The number of anilines is 4. The number of nitrogens with zero attached hydrogens (tertiary/aromatic N) is 2. The van der Waals surface area contributed by atoms with E-state index in [1.54, 1.807) is 12.1 Å². The normalized spacial score (nSPS) is 10.2. The SMILES string of the molecule is CC(=O)Nc1ccc(C)c(NC(=O)CSc2nc(N)cc(N)n2)c1. The maximum atomic E-state index is 12.1. The van der Waals surface area contributed by atoms with Crippen molar-refractivity contribution in [2.24, 2.45) is 0 Å². The van der Waals surface area contributed by atoms with Crippen LogP contribution in [0.1, 0.15) is 12.5 Å². The Bertz CT molecular complexity index is 760. The standard InChI is InChI=1S/C15H18N6O2S/c1-8-3-4-10(18-9(2)22)5-11(8)19-14(23)7-24-15-20-12(16)6-13(17)21-15/h3-6H,7H2,1-2H3,(H,18,22)(H,19,23)(H4,16,17,20,21). The molecule has 2 rings (SSSR count). The minimum Gasteiger partial charge on any atom is -0.383 e. The Morgan fingerprint density at radius 2 is 1.79 bits per heavy atom. The lowest BCUT2D eigenvalue weighted by Gasteiger charge is -2.11. The number of nitrogens with two attached hydrogens (primary N) is 2. The molecule has 8 nitrogen and oxygen atoms in total. The molecule has 1 aromatic carbocycles. The lowest BCUT2D eigenvalue weighted by Crippen LogP contribution is -2.16. The molecule has 0 fully saturated rings. The van der Waals surface area contributed by atoms with Gasteiger partial charge in [-0.3, -0.25) is 9.59 Å². The van der Waals surface area contributed by atoms with E-state index in [9.17, 15) is 9.59 Å². The number of nitrogens with one attached hydrogen (secondary N) is 2. The Kier molecular flexibility index (Phi) is 5.59. The topological polar surface area (TPSA) is 136 Å². The Morgan fingerprint density at radius 1 is 1.12 bits per heavy atom. The molecule has 0 aliphatic heterocycles. The molecule has 0 radical (unpaired) electrons. The molecule has 1 aromatic heterocycles. The van der Waals surface area contributed by atoms with Crippen LogP contribution in [0.25, 0.3) is 0 Å². The monoisotopic (exact) mass is 346 g/mol. The van der Waals surface area contributed by atoms with Crippen LogP contribution >= 0.6 is 11.8 Å². The lowest BCUT2D eigenvalue weighted by molar-refractivity contribution is -0.114. The molecule has 2 amide bonds. The third kappa shape index (κ3) is 5.13. The fourth-order valence-corrected chi connectivity index (χ4v) is 2.55. The predicted molar refractivity (Wildman–Crippen MR) is 95.7 cm³/mol. The second-order valence-corrected chi connectivity index (χ2v) is 5.99. The molecule has 0 spiro atoms. The van der Waals surface area contributed by atoms with E-state index >= 15 is 0 Å². The molecule has 1 heterocycles. The van der Waals surface area contributed by atoms with E-state index in [1.807, 2.05) is 13.0 Å². The molecule has 0 saturated carbocycles. The van der Waals surface area contributed by atoms with Gasteiger partial charge in [-0.15, -0.1) is 0 Å². The van der Waals surface area contributed by atoms with Crippen LogP contribution in [0.3, 0.4) is 0 Å². The van der Waals surface area contributed by atoms with Crippen molar-refractivity contribution < 1.29 is 9.59 Å². The van der Waals surface area contributed by atoms with Gasteiger partial charge in [-0.1, -0.05) is 17.8 Å². The second-order valence-electron chi connectivity index (χ2n) is 5.05. The van der Waals surface area contributed by atoms with Gasteiger partial charge < -0.3 is 22.1 Å². The number of rotatable bonds is 5. The van der Waals surface area contributed by atoms with Crippen LogP contribution in [0, 0.1) is 6.92 Å². The van der Waals surface area contributed by atoms with Gasteiger partial charge >= 0.3 is 0 Å². The van der Waals surface area contributed by atoms with Gasteiger partial charge in [-0.25, -0.2) is 9.97 Å². The molecular formula is C15H18N6O2S. The van der Waals surface area contributed by atoms with E-state index < -0.39 is 0 Å². The molecule has 6 N–H and O–H groups in total. The van der Waals surface area contributed by atoms with Gasteiger partial charge in [0.2, 0.25) is 11.8 Å². The summed E-state index contributed by atoms with van der Waals surface area (Å²) in [6.07, 6.45) is 0. The summed E-state index contributed by atoms with van der Waals surface area (Å²) < 4.78 is 0. The molecule has 2 aromatic rings. The van der Waals surface area contributed by atoms with Crippen LogP contribution in [0.15, 0.2) is 29.4 Å². The van der Waals surface area contributed by atoms with E-state index in [1.165, 1.54) is 13.0 Å². The fraction of sp³-hybridized carbons (Fsp3) is 0.200. The lowest BCUT2D eigenvalue weighted by atomic mass is 10.2. The first kappa shape index (κ1) is 17.5. The van der Waals surface area contributed by atoms with Crippen molar-refractivity contribution in [3.05, 3.63) is 29.8 Å². The van der Waals surface area contributed by atoms with Gasteiger partial charge in [0, 0.05) is 24.4 Å². The summed E-state index contributed by atoms with van der Waals surface area (Å²) in [5.74, 6) is 0.205. The number of amides is 2. The van der Waals surface area contributed by atoms with Crippen molar-refractivity contribution in [2.75, 3.05) is 27.9 Å². The molecular weight excluding hydrogens is 328 g/mol. The van der Waals surface area contributed by atoms with E-state index in [0.29, 0.717) is 16.5 Å². The number of carbonyl (C=O) groups excluding carboxylic acids is 2. The van der Waals surface area contributed by atoms with Crippen molar-refractivity contribution in [2.45, 2.75) is 19.0 Å². The maximum absolute atomic E-state index is 12.1. The summed E-state index contributed by atoms with van der Waals surface area (Å²) in [6, 6.07) is 6.73. The smallest absolute Gasteiger partial charge is 0.234 e. The molecule has 126 valence electrons. The summed E-state index contributed by atoms with van der Waals surface area (Å²) >= 11 is 1.13. The number of hydrogen-bond donors (Lipinski definition) is 4. The van der Waals surface area contributed by atoms with Gasteiger partial charge in [0.15, 0.2) is 5.16 Å². The van der Waals surface area contributed by atoms with Gasteiger partial charge in [-0.2, -0.15) is 0 Å². The van der Waals surface area contributed by atoms with Crippen LogP contribution in [0.4, 0.5) is 23.0 Å². The van der Waals surface area contributed by atoms with Crippen molar-refractivity contribution >= 4 is 46.6 Å². The van der Waals surface area contributed by atoms with Crippen LogP contribution in [-0.2, 0) is 9.59 Å². The number of thioether (sulfide) groups is 1. The average Bonchev–Trinajstić information content (AvgIpc) is 2.47. The minimum atomic E-state index is -0.229. The molecule has 0 saturated heterocycles. The van der Waals surface area contributed by atoms with E-state index in [4.69, 9.17) is 11.5 Å². The molecule has 0 unspecified atom stereocenters. The highest BCUT2D eigenvalue weighted by atomic mass is 32.2. The predicted octanol–water partition coefficient (Wildman–Crippen LogP) is 1.64. The van der Waals surface area contributed by atoms with Gasteiger partial charge in [0.25, 0.3) is 0 Å². The molecule has 0 atom stereocenters. The zero-order valence-corrected chi connectivity index (χ0v) is 14.1. The maximum Gasteiger partial charge on any atom is 0.234 e. The number of benzene rings is 1. The van der Waals surface area contributed by atoms with Gasteiger partial charge in [-0.05, 0) is 24.6 Å². The molecule has 0 aliphatic rings. The number of aryl methyl sites for hydroxylation is 1. The molecule has 0 aliphatic carbocycles. The van der Waals surface area contributed by atoms with Crippen LogP contribution in [-0.4, -0.2) is 27.5 Å². The highest BCUT2D eigenvalue weighted by Gasteiger charge is 2.09. The second kappa shape index (κ2) is 7.64. The summed E-state index contributed by atoms with van der Waals surface area (Å²) in [7, 11) is 0. The fourth-order valence-electron chi connectivity index (χ4n) is 1.88. The van der Waals surface area contributed by atoms with E-state index in [2.05, 4.69) is 20.6 Å². The van der Waals surface area contributed by atoms with E-state index in [-0.39, 0.29) is 29.2 Å². The third-order valence-corrected chi connectivity index (χ3v) is 3.76. The van der Waals surface area contributed by atoms with Crippen molar-refractivity contribution in [3.63, 3.8) is 0 Å². The van der Waals surface area contributed by atoms with Crippen molar-refractivity contribution in [1.29, 1.82) is 0 Å². The molecule has 24 heavy (non-hydrogen) atoms. The molecule has 9 heteroatoms. The number of nitrogen functional groups attached to an aromatic ring is 2. The van der Waals surface area contributed by atoms with Crippen LogP contribution in [0.2, 0.25) is 0 Å². The van der Waals surface area contributed by atoms with Crippen LogP contribution in [0.5, 0.6) is 0 Å². The Labute approximate surface area is 143 Å². The summed E-state index contributed by atoms with van der Waals surface area (Å²) in [6.45, 7) is 3.29. The summed E-state index contributed by atoms with van der Waals surface area (Å²) in [5, 5.41) is 5.81. The first-order chi connectivity index (χ1) is 11.3. The Hall–Kier alpha value is -2.81. The number of hydrogen-bond acceptors (Lipinski definition) is 7. The number of aromatic nitrogens is 2. The zero-order chi connectivity index (χ0) is 17.7. The molecule has 0 bridgehead atoms. The third-order valence-electron chi connectivity index (χ3n) is 2.91. The summed E-state index contributed by atoms with van der Waals surface area (Å²) in [5.41, 5.74) is 13.3. The summed E-state index contributed by atoms with van der Waals surface area (Å²) in [4.78, 5) is 31.2. The number of carbonyl (C=O) groups is 2.